The van der Waals surface area contributed by atoms with Gasteiger partial charge in [0.1, 0.15) is 11.3 Å². The molecule has 0 atom stereocenters. The molecule has 2 aromatic heterocycles. The quantitative estimate of drug-likeness (QED) is 0.526. The summed E-state index contributed by atoms with van der Waals surface area (Å²) in [6.07, 6.45) is 0. The van der Waals surface area contributed by atoms with E-state index in [-0.39, 0.29) is 0 Å². The standard InChI is InChI=1S/C11H9N3OS/c12-14-11-13-8(6-16-11)10-5-7-3-1-2-4-9(7)15-10/h1-6H,12H2,(H,13,14). The van der Waals surface area contributed by atoms with Crippen molar-refractivity contribution in [2.75, 3.05) is 5.43 Å². The van der Waals surface area contributed by atoms with Crippen molar-refractivity contribution < 1.29 is 4.42 Å². The van der Waals surface area contributed by atoms with Gasteiger partial charge >= 0.3 is 0 Å². The van der Waals surface area contributed by atoms with E-state index in [1.165, 1.54) is 11.3 Å². The van der Waals surface area contributed by atoms with E-state index in [4.69, 9.17) is 10.3 Å². The summed E-state index contributed by atoms with van der Waals surface area (Å²) in [6, 6.07) is 9.86. The number of nitrogens with one attached hydrogen (secondary N) is 1. The molecule has 0 aliphatic carbocycles. The first-order valence-corrected chi connectivity index (χ1v) is 5.66. The SMILES string of the molecule is NNc1nc(-c2cc3ccccc3o2)cs1. The highest BCUT2D eigenvalue weighted by atomic mass is 32.1. The van der Waals surface area contributed by atoms with Crippen LogP contribution >= 0.6 is 11.3 Å². The summed E-state index contributed by atoms with van der Waals surface area (Å²) in [4.78, 5) is 4.28. The van der Waals surface area contributed by atoms with Crippen LogP contribution in [0.25, 0.3) is 22.4 Å². The van der Waals surface area contributed by atoms with Crippen LogP contribution < -0.4 is 11.3 Å². The Kier molecular flexibility index (Phi) is 2.12. The van der Waals surface area contributed by atoms with Crippen molar-refractivity contribution in [3.8, 4) is 11.5 Å². The van der Waals surface area contributed by atoms with Crippen molar-refractivity contribution in [2.45, 2.75) is 0 Å². The lowest BCUT2D eigenvalue weighted by atomic mass is 10.2. The predicted molar refractivity (Wildman–Crippen MR) is 65.1 cm³/mol. The van der Waals surface area contributed by atoms with E-state index in [1.807, 2.05) is 35.7 Å². The normalized spacial score (nSPS) is 10.8. The largest absolute Gasteiger partial charge is 0.454 e. The van der Waals surface area contributed by atoms with Gasteiger partial charge < -0.3 is 4.42 Å². The number of para-hydroxylation sites is 1. The number of anilines is 1. The molecule has 2 heterocycles. The van der Waals surface area contributed by atoms with Crippen LogP contribution in [-0.4, -0.2) is 4.98 Å². The summed E-state index contributed by atoms with van der Waals surface area (Å²) in [7, 11) is 0. The Morgan fingerprint density at radius 1 is 1.31 bits per heavy atom. The number of hydrazine groups is 1. The maximum Gasteiger partial charge on any atom is 0.197 e. The zero-order chi connectivity index (χ0) is 11.0. The molecule has 3 rings (SSSR count). The molecule has 0 amide bonds. The molecule has 0 unspecified atom stereocenters. The highest BCUT2D eigenvalue weighted by Gasteiger charge is 2.09. The van der Waals surface area contributed by atoms with Crippen LogP contribution in [0.3, 0.4) is 0 Å². The summed E-state index contributed by atoms with van der Waals surface area (Å²) < 4.78 is 5.69. The van der Waals surface area contributed by atoms with E-state index in [1.54, 1.807) is 0 Å². The van der Waals surface area contributed by atoms with Gasteiger partial charge in [0.15, 0.2) is 10.9 Å². The number of furan rings is 1. The summed E-state index contributed by atoms with van der Waals surface area (Å²) in [5.41, 5.74) is 4.19. The monoisotopic (exact) mass is 231 g/mol. The fraction of sp³-hybridized carbons (Fsp3) is 0. The molecule has 80 valence electrons. The van der Waals surface area contributed by atoms with Crippen LogP contribution in [0.5, 0.6) is 0 Å². The average molecular weight is 231 g/mol. The number of aromatic nitrogens is 1. The van der Waals surface area contributed by atoms with Crippen molar-refractivity contribution in [2.24, 2.45) is 5.84 Å². The van der Waals surface area contributed by atoms with Gasteiger partial charge in [-0.25, -0.2) is 10.8 Å². The molecule has 3 aromatic rings. The molecular formula is C11H9N3OS. The number of rotatable bonds is 2. The maximum absolute atomic E-state index is 5.69. The van der Waals surface area contributed by atoms with E-state index >= 15 is 0 Å². The Hall–Kier alpha value is -1.85. The minimum absolute atomic E-state index is 0.676. The number of benzene rings is 1. The molecule has 5 heteroatoms. The fourth-order valence-corrected chi connectivity index (χ4v) is 2.17. The van der Waals surface area contributed by atoms with Crippen LogP contribution in [0, 0.1) is 0 Å². The first-order valence-electron chi connectivity index (χ1n) is 4.78. The van der Waals surface area contributed by atoms with E-state index in [2.05, 4.69) is 10.4 Å². The molecule has 0 spiro atoms. The number of hydrogen-bond acceptors (Lipinski definition) is 5. The molecule has 0 fully saturated rings. The Morgan fingerprint density at radius 2 is 2.19 bits per heavy atom. The van der Waals surface area contributed by atoms with E-state index < -0.39 is 0 Å². The van der Waals surface area contributed by atoms with Gasteiger partial charge in [-0.1, -0.05) is 18.2 Å². The van der Waals surface area contributed by atoms with Gasteiger partial charge in [0.2, 0.25) is 0 Å². The van der Waals surface area contributed by atoms with Crippen LogP contribution in [0.15, 0.2) is 40.1 Å². The van der Waals surface area contributed by atoms with Gasteiger partial charge in [-0.05, 0) is 12.1 Å². The molecule has 0 bridgehead atoms. The lowest BCUT2D eigenvalue weighted by Crippen LogP contribution is -2.05. The topological polar surface area (TPSA) is 64.1 Å². The highest BCUT2D eigenvalue weighted by molar-refractivity contribution is 7.14. The van der Waals surface area contributed by atoms with Gasteiger partial charge in [-0.2, -0.15) is 0 Å². The number of hydrogen-bond donors (Lipinski definition) is 2. The van der Waals surface area contributed by atoms with Crippen LogP contribution in [0.4, 0.5) is 5.13 Å². The Balaban J connectivity index is 2.11. The minimum atomic E-state index is 0.676. The lowest BCUT2D eigenvalue weighted by molar-refractivity contribution is 0.629. The Morgan fingerprint density at radius 3 is 2.94 bits per heavy atom. The Bertz CT molecular complexity index is 596. The van der Waals surface area contributed by atoms with Gasteiger partial charge in [-0.3, -0.25) is 5.43 Å². The molecule has 0 radical (unpaired) electrons. The number of thiazole rings is 1. The first-order chi connectivity index (χ1) is 7.86. The number of nitrogen functional groups attached to an aromatic ring is 1. The van der Waals surface area contributed by atoms with Crippen molar-refractivity contribution in [3.63, 3.8) is 0 Å². The third-order valence-electron chi connectivity index (χ3n) is 2.31. The molecule has 4 nitrogen and oxygen atoms in total. The predicted octanol–water partition coefficient (Wildman–Crippen LogP) is 2.84. The van der Waals surface area contributed by atoms with Crippen molar-refractivity contribution in [1.82, 2.24) is 4.98 Å². The molecule has 0 aliphatic heterocycles. The summed E-state index contributed by atoms with van der Waals surface area (Å²) >= 11 is 1.45. The second-order valence-corrected chi connectivity index (χ2v) is 4.19. The summed E-state index contributed by atoms with van der Waals surface area (Å²) in [5.74, 6) is 6.05. The second-order valence-electron chi connectivity index (χ2n) is 3.33. The zero-order valence-corrected chi connectivity index (χ0v) is 9.12. The molecule has 1 aromatic carbocycles. The molecule has 0 saturated carbocycles. The van der Waals surface area contributed by atoms with Crippen molar-refractivity contribution in [3.05, 3.63) is 35.7 Å². The average Bonchev–Trinajstić information content (AvgIpc) is 2.95. The van der Waals surface area contributed by atoms with Gasteiger partial charge in [0.25, 0.3) is 0 Å². The van der Waals surface area contributed by atoms with E-state index in [9.17, 15) is 0 Å². The summed E-state index contributed by atoms with van der Waals surface area (Å²) in [6.45, 7) is 0. The Labute approximate surface area is 95.7 Å². The number of nitrogens with two attached hydrogens (primary N) is 1. The molecule has 0 aliphatic rings. The second kappa shape index (κ2) is 3.62. The third kappa shape index (κ3) is 1.46. The van der Waals surface area contributed by atoms with E-state index in [0.29, 0.717) is 5.13 Å². The van der Waals surface area contributed by atoms with Gasteiger partial charge in [0, 0.05) is 10.8 Å². The maximum atomic E-state index is 5.69. The van der Waals surface area contributed by atoms with Gasteiger partial charge in [-0.15, -0.1) is 11.3 Å². The fourth-order valence-electron chi connectivity index (χ4n) is 1.56. The molecule has 3 N–H and O–H groups in total. The van der Waals surface area contributed by atoms with Gasteiger partial charge in [0.05, 0.1) is 0 Å². The van der Waals surface area contributed by atoms with E-state index in [0.717, 1.165) is 22.4 Å². The smallest absolute Gasteiger partial charge is 0.197 e. The molecule has 16 heavy (non-hydrogen) atoms. The van der Waals surface area contributed by atoms with Crippen LogP contribution in [0.1, 0.15) is 0 Å². The number of nitrogens with zero attached hydrogens (tertiary/aromatic N) is 1. The first kappa shape index (κ1) is 9.38. The minimum Gasteiger partial charge on any atom is -0.454 e. The van der Waals surface area contributed by atoms with Crippen LogP contribution in [0.2, 0.25) is 0 Å². The van der Waals surface area contributed by atoms with Crippen molar-refractivity contribution in [1.29, 1.82) is 0 Å². The third-order valence-corrected chi connectivity index (χ3v) is 3.08. The molecule has 0 saturated heterocycles. The zero-order valence-electron chi connectivity index (χ0n) is 8.31. The lowest BCUT2D eigenvalue weighted by Gasteiger charge is -1.89. The molecular weight excluding hydrogens is 222 g/mol. The van der Waals surface area contributed by atoms with Crippen molar-refractivity contribution >= 4 is 27.4 Å². The number of fused-ring (bicyclic) bond motifs is 1. The van der Waals surface area contributed by atoms with Crippen LogP contribution in [-0.2, 0) is 0 Å². The summed E-state index contributed by atoms with van der Waals surface area (Å²) in [5, 5.41) is 3.66. The highest BCUT2D eigenvalue weighted by Crippen LogP contribution is 2.29.